The first-order chi connectivity index (χ1) is 13.6. The molecule has 0 spiro atoms. The Morgan fingerprint density at radius 2 is 1.96 bits per heavy atom. The Hall–Kier alpha value is -3.48. The van der Waals surface area contributed by atoms with Crippen molar-refractivity contribution < 1.29 is 4.79 Å². The number of imidazole rings is 1. The van der Waals surface area contributed by atoms with E-state index in [0.717, 1.165) is 18.5 Å². The molecule has 1 atom stereocenters. The summed E-state index contributed by atoms with van der Waals surface area (Å²) in [6.45, 7) is 2.47. The lowest BCUT2D eigenvalue weighted by Gasteiger charge is -2.24. The van der Waals surface area contributed by atoms with Gasteiger partial charge in [-0.25, -0.2) is 9.97 Å². The number of nitrogens with one attached hydrogen (secondary N) is 1. The van der Waals surface area contributed by atoms with Crippen LogP contribution >= 0.6 is 0 Å². The number of aromatic nitrogens is 4. The molecular weight excluding hydrogens is 354 g/mol. The lowest BCUT2D eigenvalue weighted by atomic mass is 10.1. The zero-order valence-corrected chi connectivity index (χ0v) is 15.4. The van der Waals surface area contributed by atoms with E-state index >= 15 is 0 Å². The second-order valence-electron chi connectivity index (χ2n) is 7.10. The third kappa shape index (κ3) is 2.51. The summed E-state index contributed by atoms with van der Waals surface area (Å²) in [6.07, 6.45) is 3.48. The monoisotopic (exact) mass is 373 g/mol. The minimum atomic E-state index is -0.251. The second-order valence-corrected chi connectivity index (χ2v) is 7.10. The molecule has 1 aliphatic heterocycles. The normalized spacial score (nSPS) is 16.9. The summed E-state index contributed by atoms with van der Waals surface area (Å²) in [7, 11) is 0. The molecule has 5 rings (SSSR count). The third-order valence-electron chi connectivity index (χ3n) is 5.37. The van der Waals surface area contributed by atoms with Gasteiger partial charge in [0.2, 0.25) is 0 Å². The molecule has 140 valence electrons. The van der Waals surface area contributed by atoms with Crippen LogP contribution in [-0.4, -0.2) is 36.7 Å². The van der Waals surface area contributed by atoms with Gasteiger partial charge in [0.25, 0.3) is 11.5 Å². The maximum atomic E-state index is 13.4. The highest BCUT2D eigenvalue weighted by Crippen LogP contribution is 2.32. The van der Waals surface area contributed by atoms with Crippen LogP contribution in [0, 0.1) is 6.92 Å². The number of H-pyrrole nitrogens is 1. The average molecular weight is 373 g/mol. The first kappa shape index (κ1) is 16.7. The van der Waals surface area contributed by atoms with E-state index in [0.29, 0.717) is 34.7 Å². The Morgan fingerprint density at radius 3 is 2.86 bits per heavy atom. The number of nitrogens with zero attached hydrogens (tertiary/aromatic N) is 4. The number of carbonyl (C=O) groups excluding carboxylic acids is 1. The van der Waals surface area contributed by atoms with Crippen molar-refractivity contribution in [3.05, 3.63) is 76.2 Å². The third-order valence-corrected chi connectivity index (χ3v) is 5.37. The molecule has 1 amide bonds. The lowest BCUT2D eigenvalue weighted by Crippen LogP contribution is -2.33. The van der Waals surface area contributed by atoms with E-state index in [1.165, 1.54) is 0 Å². The highest BCUT2D eigenvalue weighted by Gasteiger charge is 2.34. The number of aryl methyl sites for hydroxylation is 1. The predicted molar refractivity (Wildman–Crippen MR) is 105 cm³/mol. The van der Waals surface area contributed by atoms with E-state index in [1.54, 1.807) is 11.0 Å². The first-order valence-electron chi connectivity index (χ1n) is 9.37. The van der Waals surface area contributed by atoms with E-state index in [2.05, 4.69) is 15.0 Å². The van der Waals surface area contributed by atoms with E-state index < -0.39 is 0 Å². The Kier molecular flexibility index (Phi) is 3.75. The zero-order valence-electron chi connectivity index (χ0n) is 15.4. The van der Waals surface area contributed by atoms with Gasteiger partial charge in [0.15, 0.2) is 0 Å². The molecule has 1 aromatic carbocycles. The molecule has 4 aromatic rings. The number of pyridine rings is 1. The molecule has 3 aromatic heterocycles. The van der Waals surface area contributed by atoms with Crippen molar-refractivity contribution in [2.75, 3.05) is 6.54 Å². The molecule has 1 aliphatic rings. The van der Waals surface area contributed by atoms with Gasteiger partial charge in [-0.15, -0.1) is 0 Å². The van der Waals surface area contributed by atoms with Gasteiger partial charge >= 0.3 is 0 Å². The van der Waals surface area contributed by atoms with Crippen LogP contribution in [0.1, 0.15) is 40.9 Å². The zero-order chi connectivity index (χ0) is 19.3. The van der Waals surface area contributed by atoms with Crippen molar-refractivity contribution in [3.63, 3.8) is 0 Å². The maximum Gasteiger partial charge on any atom is 0.273 e. The van der Waals surface area contributed by atoms with Gasteiger partial charge in [0, 0.05) is 12.7 Å². The number of carbonyl (C=O) groups is 1. The Balaban J connectivity index is 1.58. The summed E-state index contributed by atoms with van der Waals surface area (Å²) < 4.78 is 1.82. The fourth-order valence-corrected chi connectivity index (χ4v) is 4.06. The van der Waals surface area contributed by atoms with Gasteiger partial charge in [0.1, 0.15) is 17.2 Å². The molecule has 1 saturated heterocycles. The number of hydrogen-bond donors (Lipinski definition) is 1. The number of rotatable bonds is 2. The maximum absolute atomic E-state index is 13.4. The Bertz CT molecular complexity index is 1270. The van der Waals surface area contributed by atoms with Crippen molar-refractivity contribution >= 4 is 22.5 Å². The average Bonchev–Trinajstić information content (AvgIpc) is 3.31. The van der Waals surface area contributed by atoms with Crippen LogP contribution in [0.5, 0.6) is 0 Å². The van der Waals surface area contributed by atoms with Crippen LogP contribution in [0.4, 0.5) is 0 Å². The smallest absolute Gasteiger partial charge is 0.273 e. The summed E-state index contributed by atoms with van der Waals surface area (Å²) in [4.78, 5) is 39.7. The highest BCUT2D eigenvalue weighted by molar-refractivity contribution is 5.95. The number of likely N-dealkylation sites (tertiary alicyclic amines) is 1. The summed E-state index contributed by atoms with van der Waals surface area (Å²) >= 11 is 0. The van der Waals surface area contributed by atoms with E-state index in [1.807, 2.05) is 53.9 Å². The van der Waals surface area contributed by atoms with Crippen molar-refractivity contribution in [1.29, 1.82) is 0 Å². The Labute approximate surface area is 160 Å². The first-order valence-corrected chi connectivity index (χ1v) is 9.37. The minimum Gasteiger partial charge on any atom is -0.327 e. The predicted octanol–water partition coefficient (Wildman–Crippen LogP) is 2.86. The number of para-hydroxylation sites is 1. The SMILES string of the molecule is Cc1nc2ccccn2c1C(=O)N1CCCC1c1nc2ccccc2c(=O)[nH]1. The molecule has 7 heteroatoms. The van der Waals surface area contributed by atoms with Crippen LogP contribution in [0.2, 0.25) is 0 Å². The molecule has 28 heavy (non-hydrogen) atoms. The minimum absolute atomic E-state index is 0.0884. The standard InChI is InChI=1S/C21H19N5O2/c1-13-18(26-11-5-4-10-17(26)22-13)21(28)25-12-6-9-16(25)19-23-15-8-3-2-7-14(15)20(27)24-19/h2-5,7-8,10-11,16H,6,9,12H2,1H3,(H,23,24,27). The van der Waals surface area contributed by atoms with Gasteiger partial charge in [-0.05, 0) is 44.0 Å². The summed E-state index contributed by atoms with van der Waals surface area (Å²) in [6, 6.07) is 12.7. The number of hydrogen-bond acceptors (Lipinski definition) is 4. The highest BCUT2D eigenvalue weighted by atomic mass is 16.2. The van der Waals surface area contributed by atoms with E-state index in [9.17, 15) is 9.59 Å². The Morgan fingerprint density at radius 1 is 1.14 bits per heavy atom. The van der Waals surface area contributed by atoms with Crippen LogP contribution < -0.4 is 5.56 Å². The van der Waals surface area contributed by atoms with Crippen LogP contribution in [-0.2, 0) is 0 Å². The molecule has 1 unspecified atom stereocenters. The van der Waals surface area contributed by atoms with Gasteiger partial charge in [0.05, 0.1) is 22.6 Å². The van der Waals surface area contributed by atoms with Gasteiger partial charge in [-0.2, -0.15) is 0 Å². The van der Waals surface area contributed by atoms with E-state index in [4.69, 9.17) is 0 Å². The van der Waals surface area contributed by atoms with Crippen LogP contribution in [0.15, 0.2) is 53.5 Å². The molecule has 4 heterocycles. The van der Waals surface area contributed by atoms with Gasteiger partial charge in [-0.1, -0.05) is 18.2 Å². The lowest BCUT2D eigenvalue weighted by molar-refractivity contribution is 0.0722. The topological polar surface area (TPSA) is 83.4 Å². The number of aromatic amines is 1. The van der Waals surface area contributed by atoms with Crippen molar-refractivity contribution in [2.45, 2.75) is 25.8 Å². The van der Waals surface area contributed by atoms with Crippen molar-refractivity contribution in [2.24, 2.45) is 0 Å². The second kappa shape index (κ2) is 6.30. The van der Waals surface area contributed by atoms with Crippen LogP contribution in [0.25, 0.3) is 16.6 Å². The molecular formula is C21H19N5O2. The summed E-state index contributed by atoms with van der Waals surface area (Å²) in [5, 5.41) is 0.555. The van der Waals surface area contributed by atoms with E-state index in [-0.39, 0.29) is 17.5 Å². The number of benzene rings is 1. The molecule has 1 fully saturated rings. The van der Waals surface area contributed by atoms with Gasteiger partial charge < -0.3 is 9.88 Å². The molecule has 0 radical (unpaired) electrons. The number of fused-ring (bicyclic) bond motifs is 2. The quantitative estimate of drug-likeness (QED) is 0.586. The van der Waals surface area contributed by atoms with Gasteiger partial charge in [-0.3, -0.25) is 14.0 Å². The molecule has 0 bridgehead atoms. The largest absolute Gasteiger partial charge is 0.327 e. The molecule has 7 nitrogen and oxygen atoms in total. The molecule has 0 aliphatic carbocycles. The fraction of sp³-hybridized carbons (Fsp3) is 0.238. The summed E-state index contributed by atoms with van der Waals surface area (Å²) in [5.74, 6) is 0.454. The number of amides is 1. The molecule has 0 saturated carbocycles. The summed E-state index contributed by atoms with van der Waals surface area (Å²) in [5.41, 5.74) is 2.47. The van der Waals surface area contributed by atoms with Crippen molar-refractivity contribution in [3.8, 4) is 0 Å². The van der Waals surface area contributed by atoms with Crippen LogP contribution in [0.3, 0.4) is 0 Å². The molecule has 1 N–H and O–H groups in total. The van der Waals surface area contributed by atoms with Crippen molar-refractivity contribution in [1.82, 2.24) is 24.3 Å². The fourth-order valence-electron chi connectivity index (χ4n) is 4.06.